The van der Waals surface area contributed by atoms with Gasteiger partial charge in [0.25, 0.3) is 11.2 Å². The fourth-order valence-corrected chi connectivity index (χ4v) is 6.08. The number of rotatable bonds is 10. The number of aromatic nitrogens is 1. The molecule has 0 spiro atoms. The van der Waals surface area contributed by atoms with Crippen molar-refractivity contribution < 1.29 is 28.9 Å². The van der Waals surface area contributed by atoms with E-state index in [-0.39, 0.29) is 35.0 Å². The first-order valence-corrected chi connectivity index (χ1v) is 15.0. The van der Waals surface area contributed by atoms with Crippen molar-refractivity contribution in [2.75, 3.05) is 32.7 Å². The summed E-state index contributed by atoms with van der Waals surface area (Å²) < 4.78 is 18.4. The maximum atomic E-state index is 14.0. The number of carbonyl (C=O) groups excluding carboxylic acids is 1. The zero-order valence-electron chi connectivity index (χ0n) is 26.0. The highest BCUT2D eigenvalue weighted by Gasteiger charge is 2.33. The van der Waals surface area contributed by atoms with Crippen LogP contribution in [0.5, 0.6) is 17.2 Å². The van der Waals surface area contributed by atoms with Gasteiger partial charge in [-0.1, -0.05) is 29.5 Å². The second-order valence-corrected chi connectivity index (χ2v) is 11.5. The molecule has 0 saturated carbocycles. The summed E-state index contributed by atoms with van der Waals surface area (Å²) in [4.78, 5) is 55.3. The molecular formula is C32H29N5O9S. The molecule has 1 aliphatic rings. The highest BCUT2D eigenvalue weighted by molar-refractivity contribution is 7.07. The standard InChI is InChI=1S/C32H29N5O9S/c1-6-45-31(39)28-18(2)33-32-35(29(28)20-8-10-21(11-9-20)34(3)4)30(38)27(47-32)16-19-7-13-25(26(15-19)44-5)46-24-14-12-22(36(40)41)17-23(24)37(42)43/h7-17,29H,6H2,1-5H3/b27-16-/t29-/m0/s1. The van der Waals surface area contributed by atoms with Crippen molar-refractivity contribution in [3.63, 3.8) is 0 Å². The smallest absolute Gasteiger partial charge is 0.338 e. The molecule has 3 aromatic carbocycles. The number of allylic oxidation sites excluding steroid dienone is 1. The van der Waals surface area contributed by atoms with E-state index in [9.17, 15) is 29.8 Å². The number of hydrogen-bond acceptors (Lipinski definition) is 12. The number of ether oxygens (including phenoxy) is 3. The van der Waals surface area contributed by atoms with Crippen LogP contribution < -0.4 is 29.3 Å². The topological polar surface area (TPSA) is 169 Å². The summed E-state index contributed by atoms with van der Waals surface area (Å²) in [6, 6.07) is 14.5. The molecule has 1 aliphatic heterocycles. The molecule has 0 fully saturated rings. The number of thiazole rings is 1. The summed E-state index contributed by atoms with van der Waals surface area (Å²) in [7, 11) is 5.21. The summed E-state index contributed by atoms with van der Waals surface area (Å²) in [6.45, 7) is 3.58. The fourth-order valence-electron chi connectivity index (χ4n) is 5.04. The average molecular weight is 660 g/mol. The van der Waals surface area contributed by atoms with E-state index in [0.29, 0.717) is 26.2 Å². The van der Waals surface area contributed by atoms with Crippen LogP contribution in [-0.2, 0) is 9.53 Å². The number of nitrogens with zero attached hydrogens (tertiary/aromatic N) is 5. The van der Waals surface area contributed by atoms with E-state index in [4.69, 9.17) is 14.2 Å². The number of carbonyl (C=O) groups is 1. The molecule has 0 N–H and O–H groups in total. The van der Waals surface area contributed by atoms with Crippen molar-refractivity contribution in [2.24, 2.45) is 4.99 Å². The van der Waals surface area contributed by atoms with E-state index < -0.39 is 33.2 Å². The number of esters is 1. The minimum absolute atomic E-state index is 0.110. The van der Waals surface area contributed by atoms with Crippen LogP contribution in [0.3, 0.4) is 0 Å². The molecule has 4 aromatic rings. The first kappa shape index (κ1) is 32.6. The van der Waals surface area contributed by atoms with Gasteiger partial charge in [0.2, 0.25) is 5.75 Å². The Balaban J connectivity index is 1.57. The lowest BCUT2D eigenvalue weighted by Crippen LogP contribution is -2.39. The monoisotopic (exact) mass is 659 g/mol. The molecule has 0 aliphatic carbocycles. The minimum Gasteiger partial charge on any atom is -0.493 e. The van der Waals surface area contributed by atoms with Crippen molar-refractivity contribution in [1.29, 1.82) is 0 Å². The molecule has 1 aromatic heterocycles. The maximum absolute atomic E-state index is 14.0. The Hall–Kier alpha value is -5.83. The van der Waals surface area contributed by atoms with Gasteiger partial charge < -0.3 is 19.1 Å². The maximum Gasteiger partial charge on any atom is 0.338 e. The quantitative estimate of drug-likeness (QED) is 0.134. The number of nitro benzene ring substituents is 2. The molecule has 0 radical (unpaired) electrons. The van der Waals surface area contributed by atoms with E-state index in [2.05, 4.69) is 4.99 Å². The Morgan fingerprint density at radius 2 is 1.72 bits per heavy atom. The van der Waals surface area contributed by atoms with Gasteiger partial charge in [0.05, 0.1) is 51.5 Å². The second kappa shape index (κ2) is 13.3. The summed E-state index contributed by atoms with van der Waals surface area (Å²) >= 11 is 1.15. The van der Waals surface area contributed by atoms with Crippen molar-refractivity contribution >= 4 is 40.4 Å². The first-order chi connectivity index (χ1) is 22.4. The van der Waals surface area contributed by atoms with Gasteiger partial charge in [-0.15, -0.1) is 0 Å². The van der Waals surface area contributed by atoms with E-state index in [0.717, 1.165) is 35.2 Å². The van der Waals surface area contributed by atoms with Crippen LogP contribution in [0.2, 0.25) is 0 Å². The third kappa shape index (κ3) is 6.46. The zero-order chi connectivity index (χ0) is 34.0. The Kier molecular flexibility index (Phi) is 9.19. The lowest BCUT2D eigenvalue weighted by Gasteiger charge is -2.25. The summed E-state index contributed by atoms with van der Waals surface area (Å²) in [5, 5.41) is 22.7. The van der Waals surface area contributed by atoms with Crippen LogP contribution in [-0.4, -0.2) is 48.2 Å². The van der Waals surface area contributed by atoms with Crippen LogP contribution in [0, 0.1) is 20.2 Å². The van der Waals surface area contributed by atoms with Gasteiger partial charge in [-0.2, -0.15) is 0 Å². The first-order valence-electron chi connectivity index (χ1n) is 14.2. The van der Waals surface area contributed by atoms with Crippen LogP contribution in [0.1, 0.15) is 31.0 Å². The van der Waals surface area contributed by atoms with Gasteiger partial charge >= 0.3 is 11.7 Å². The molecule has 0 bridgehead atoms. The lowest BCUT2D eigenvalue weighted by atomic mass is 9.95. The number of nitro groups is 2. The Labute approximate surface area is 271 Å². The minimum atomic E-state index is -0.776. The predicted molar refractivity (Wildman–Crippen MR) is 174 cm³/mol. The van der Waals surface area contributed by atoms with Crippen molar-refractivity contribution in [2.45, 2.75) is 19.9 Å². The van der Waals surface area contributed by atoms with Gasteiger partial charge in [-0.3, -0.25) is 29.6 Å². The Morgan fingerprint density at radius 3 is 2.34 bits per heavy atom. The van der Waals surface area contributed by atoms with Crippen LogP contribution >= 0.6 is 11.3 Å². The molecule has 2 heterocycles. The van der Waals surface area contributed by atoms with Crippen molar-refractivity contribution in [3.05, 3.63) is 123 Å². The molecule has 15 heteroatoms. The fraction of sp³-hybridized carbons (Fsp3) is 0.219. The summed E-state index contributed by atoms with van der Waals surface area (Å²) in [5.74, 6) is -0.470. The zero-order valence-corrected chi connectivity index (χ0v) is 26.8. The van der Waals surface area contributed by atoms with E-state index >= 15 is 0 Å². The number of non-ortho nitro benzene ring substituents is 1. The van der Waals surface area contributed by atoms with Crippen LogP contribution in [0.25, 0.3) is 6.08 Å². The predicted octanol–water partition coefficient (Wildman–Crippen LogP) is 4.48. The normalized spacial score (nSPS) is 14.2. The number of anilines is 1. The van der Waals surface area contributed by atoms with Gasteiger partial charge in [-0.25, -0.2) is 9.79 Å². The van der Waals surface area contributed by atoms with Gasteiger partial charge in [-0.05, 0) is 61.4 Å². The SMILES string of the molecule is CCOC(=O)C1=C(C)N=c2s/c(=C\c3ccc(Oc4ccc([N+](=O)[O-])cc4[N+](=O)[O-])c(OC)c3)c(=O)n2[C@H]1c1ccc(N(C)C)cc1. The molecule has 0 unspecified atom stereocenters. The average Bonchev–Trinajstić information content (AvgIpc) is 3.34. The highest BCUT2D eigenvalue weighted by atomic mass is 32.1. The van der Waals surface area contributed by atoms with E-state index in [1.165, 1.54) is 17.7 Å². The molecule has 242 valence electrons. The summed E-state index contributed by atoms with van der Waals surface area (Å²) in [6.07, 6.45) is 1.64. The van der Waals surface area contributed by atoms with Gasteiger partial charge in [0, 0.05) is 25.8 Å². The van der Waals surface area contributed by atoms with Gasteiger partial charge in [0.1, 0.15) is 0 Å². The van der Waals surface area contributed by atoms with Crippen LogP contribution in [0.15, 0.2) is 81.7 Å². The number of benzene rings is 3. The molecule has 14 nitrogen and oxygen atoms in total. The number of hydrogen-bond donors (Lipinski definition) is 0. The lowest BCUT2D eigenvalue weighted by molar-refractivity contribution is -0.394. The molecule has 47 heavy (non-hydrogen) atoms. The third-order valence-corrected chi connectivity index (χ3v) is 8.28. The Morgan fingerprint density at radius 1 is 1.02 bits per heavy atom. The van der Waals surface area contributed by atoms with Crippen molar-refractivity contribution in [1.82, 2.24) is 4.57 Å². The Bertz CT molecular complexity index is 2120. The van der Waals surface area contributed by atoms with Crippen molar-refractivity contribution in [3.8, 4) is 17.2 Å². The molecular weight excluding hydrogens is 630 g/mol. The van der Waals surface area contributed by atoms with E-state index in [1.807, 2.05) is 43.3 Å². The highest BCUT2D eigenvalue weighted by Crippen LogP contribution is 2.38. The molecule has 1 atom stereocenters. The largest absolute Gasteiger partial charge is 0.493 e. The second-order valence-electron chi connectivity index (χ2n) is 10.5. The number of fused-ring (bicyclic) bond motifs is 1. The molecule has 0 saturated heterocycles. The third-order valence-electron chi connectivity index (χ3n) is 7.30. The number of methoxy groups -OCH3 is 1. The van der Waals surface area contributed by atoms with Gasteiger partial charge in [0.15, 0.2) is 16.3 Å². The molecule has 0 amide bonds. The van der Waals surface area contributed by atoms with Crippen LogP contribution in [0.4, 0.5) is 17.1 Å². The molecule has 5 rings (SSSR count). The summed E-state index contributed by atoms with van der Waals surface area (Å²) in [5.41, 5.74) is 1.51. The van der Waals surface area contributed by atoms with E-state index in [1.54, 1.807) is 32.1 Å².